The number of amides is 1. The molecule has 0 bridgehead atoms. The maximum atomic E-state index is 10.9. The second kappa shape index (κ2) is 8.52. The lowest BCUT2D eigenvalue weighted by molar-refractivity contribution is -0.114. The highest BCUT2D eigenvalue weighted by atomic mass is 16.1. The summed E-state index contributed by atoms with van der Waals surface area (Å²) >= 11 is 0. The summed E-state index contributed by atoms with van der Waals surface area (Å²) in [6.45, 7) is 6.16. The van der Waals surface area contributed by atoms with Crippen molar-refractivity contribution in [2.45, 2.75) is 40.0 Å². The summed E-state index contributed by atoms with van der Waals surface area (Å²) in [6.07, 6.45) is 4.39. The fourth-order valence-corrected chi connectivity index (χ4v) is 2.92. The van der Waals surface area contributed by atoms with Gasteiger partial charge >= 0.3 is 0 Å². The lowest BCUT2D eigenvalue weighted by Crippen LogP contribution is -2.21. The standard InChI is InChI=1S/C14H13NO.C7H14/c1-11(16)15-14-9-7-13(8-10-14)12-5-3-2-4-6-12;1-3-7-5-4-6(7)2/h2-10H,1H3,(H,15,16);6-7H,3-5H2,1-2H3. The van der Waals surface area contributed by atoms with Crippen LogP contribution in [0.2, 0.25) is 0 Å². The number of anilines is 1. The van der Waals surface area contributed by atoms with E-state index in [0.717, 1.165) is 23.1 Å². The Kier molecular flexibility index (Phi) is 6.40. The zero-order valence-electron chi connectivity index (χ0n) is 14.4. The molecule has 23 heavy (non-hydrogen) atoms. The molecule has 0 radical (unpaired) electrons. The van der Waals surface area contributed by atoms with E-state index in [-0.39, 0.29) is 5.91 Å². The van der Waals surface area contributed by atoms with Gasteiger partial charge in [-0.05, 0) is 41.5 Å². The number of nitrogens with one attached hydrogen (secondary N) is 1. The number of rotatable bonds is 3. The summed E-state index contributed by atoms with van der Waals surface area (Å²) < 4.78 is 0. The highest BCUT2D eigenvalue weighted by Crippen LogP contribution is 2.35. The summed E-state index contributed by atoms with van der Waals surface area (Å²) in [6, 6.07) is 18.0. The second-order valence-electron chi connectivity index (χ2n) is 6.35. The molecule has 0 saturated heterocycles. The van der Waals surface area contributed by atoms with Crippen molar-refractivity contribution in [3.05, 3.63) is 54.6 Å². The molecule has 0 aliphatic heterocycles. The molecule has 122 valence electrons. The lowest BCUT2D eigenvalue weighted by Gasteiger charge is -2.32. The van der Waals surface area contributed by atoms with Gasteiger partial charge in [0.1, 0.15) is 0 Å². The van der Waals surface area contributed by atoms with Crippen molar-refractivity contribution in [1.82, 2.24) is 0 Å². The van der Waals surface area contributed by atoms with Gasteiger partial charge in [0.05, 0.1) is 0 Å². The number of carbonyl (C=O) groups is 1. The van der Waals surface area contributed by atoms with Crippen molar-refractivity contribution in [1.29, 1.82) is 0 Å². The highest BCUT2D eigenvalue weighted by Gasteiger charge is 2.23. The molecule has 0 heterocycles. The van der Waals surface area contributed by atoms with Crippen LogP contribution in [-0.4, -0.2) is 5.91 Å². The average Bonchev–Trinajstić information content (AvgIpc) is 2.55. The minimum absolute atomic E-state index is 0.0486. The predicted molar refractivity (Wildman–Crippen MR) is 98.4 cm³/mol. The molecule has 3 rings (SSSR count). The van der Waals surface area contributed by atoms with Crippen LogP contribution in [0.3, 0.4) is 0 Å². The Morgan fingerprint density at radius 3 is 2.00 bits per heavy atom. The number of benzene rings is 2. The zero-order chi connectivity index (χ0) is 16.7. The molecular formula is C21H27NO. The Bertz CT molecular complexity index is 601. The summed E-state index contributed by atoms with van der Waals surface area (Å²) in [5.74, 6) is 2.08. The van der Waals surface area contributed by atoms with Crippen molar-refractivity contribution in [3.63, 3.8) is 0 Å². The number of hydrogen-bond donors (Lipinski definition) is 1. The molecule has 0 aromatic heterocycles. The van der Waals surface area contributed by atoms with Crippen LogP contribution < -0.4 is 5.32 Å². The molecule has 2 atom stereocenters. The Balaban J connectivity index is 0.000000229. The maximum Gasteiger partial charge on any atom is 0.221 e. The SMILES string of the molecule is CC(=O)Nc1ccc(-c2ccccc2)cc1.CCC1CCC1C. The van der Waals surface area contributed by atoms with Crippen LogP contribution in [0.25, 0.3) is 11.1 Å². The summed E-state index contributed by atoms with van der Waals surface area (Å²) in [4.78, 5) is 10.9. The average molecular weight is 309 g/mol. The Hall–Kier alpha value is -2.09. The molecule has 1 aliphatic carbocycles. The van der Waals surface area contributed by atoms with Gasteiger partial charge in [-0.15, -0.1) is 0 Å². The van der Waals surface area contributed by atoms with Gasteiger partial charge < -0.3 is 5.32 Å². The fraction of sp³-hybridized carbons (Fsp3) is 0.381. The van der Waals surface area contributed by atoms with Crippen molar-refractivity contribution < 1.29 is 4.79 Å². The fourth-order valence-electron chi connectivity index (χ4n) is 2.92. The van der Waals surface area contributed by atoms with Gasteiger partial charge in [-0.3, -0.25) is 4.79 Å². The molecule has 1 fully saturated rings. The highest BCUT2D eigenvalue weighted by molar-refractivity contribution is 5.88. The van der Waals surface area contributed by atoms with E-state index >= 15 is 0 Å². The largest absolute Gasteiger partial charge is 0.326 e. The van der Waals surface area contributed by atoms with Gasteiger partial charge in [0.25, 0.3) is 0 Å². The third-order valence-corrected chi connectivity index (χ3v) is 4.63. The first-order valence-electron chi connectivity index (χ1n) is 8.53. The topological polar surface area (TPSA) is 29.1 Å². The van der Waals surface area contributed by atoms with Crippen molar-refractivity contribution >= 4 is 11.6 Å². The molecule has 2 aromatic carbocycles. The van der Waals surface area contributed by atoms with Crippen LogP contribution in [-0.2, 0) is 4.79 Å². The molecular weight excluding hydrogens is 282 g/mol. The molecule has 2 unspecified atom stereocenters. The van der Waals surface area contributed by atoms with Gasteiger partial charge in [-0.2, -0.15) is 0 Å². The van der Waals surface area contributed by atoms with Crippen molar-refractivity contribution in [2.75, 3.05) is 5.32 Å². The minimum Gasteiger partial charge on any atom is -0.326 e. The number of hydrogen-bond acceptors (Lipinski definition) is 1. The molecule has 2 heteroatoms. The summed E-state index contributed by atoms with van der Waals surface area (Å²) in [5.41, 5.74) is 3.15. The van der Waals surface area contributed by atoms with Crippen molar-refractivity contribution in [3.8, 4) is 11.1 Å². The van der Waals surface area contributed by atoms with Crippen LogP contribution in [0.4, 0.5) is 5.69 Å². The minimum atomic E-state index is -0.0486. The Labute approximate surface area is 139 Å². The van der Waals surface area contributed by atoms with Crippen LogP contribution >= 0.6 is 0 Å². The van der Waals surface area contributed by atoms with Gasteiger partial charge in [-0.1, -0.05) is 69.2 Å². The first-order valence-corrected chi connectivity index (χ1v) is 8.53. The summed E-state index contributed by atoms with van der Waals surface area (Å²) in [5, 5.41) is 2.74. The zero-order valence-corrected chi connectivity index (χ0v) is 14.4. The van der Waals surface area contributed by atoms with E-state index in [1.165, 1.54) is 31.7 Å². The molecule has 2 aromatic rings. The molecule has 1 saturated carbocycles. The van der Waals surface area contributed by atoms with Gasteiger partial charge in [0.15, 0.2) is 0 Å². The molecule has 1 aliphatic rings. The number of carbonyl (C=O) groups excluding carboxylic acids is 1. The van der Waals surface area contributed by atoms with E-state index in [2.05, 4.69) is 31.3 Å². The first-order chi connectivity index (χ1) is 11.1. The Morgan fingerprint density at radius 2 is 1.61 bits per heavy atom. The molecule has 0 spiro atoms. The monoisotopic (exact) mass is 309 g/mol. The lowest BCUT2D eigenvalue weighted by atomic mass is 9.74. The summed E-state index contributed by atoms with van der Waals surface area (Å²) in [7, 11) is 0. The van der Waals surface area contributed by atoms with Crippen LogP contribution in [0, 0.1) is 11.8 Å². The van der Waals surface area contributed by atoms with E-state index in [1.807, 2.05) is 42.5 Å². The van der Waals surface area contributed by atoms with Crippen LogP contribution in [0.5, 0.6) is 0 Å². The molecule has 1 amide bonds. The van der Waals surface area contributed by atoms with Gasteiger partial charge in [0, 0.05) is 12.6 Å². The van der Waals surface area contributed by atoms with E-state index in [4.69, 9.17) is 0 Å². The second-order valence-corrected chi connectivity index (χ2v) is 6.35. The maximum absolute atomic E-state index is 10.9. The first kappa shape index (κ1) is 17.3. The van der Waals surface area contributed by atoms with Gasteiger partial charge in [0.2, 0.25) is 5.91 Å². The molecule has 2 nitrogen and oxygen atoms in total. The Morgan fingerprint density at radius 1 is 1.00 bits per heavy atom. The van der Waals surface area contributed by atoms with E-state index in [0.29, 0.717) is 0 Å². The predicted octanol–water partition coefficient (Wildman–Crippen LogP) is 5.75. The molecule has 1 N–H and O–H groups in total. The van der Waals surface area contributed by atoms with E-state index < -0.39 is 0 Å². The van der Waals surface area contributed by atoms with E-state index in [9.17, 15) is 4.79 Å². The smallest absolute Gasteiger partial charge is 0.221 e. The normalized spacial score (nSPS) is 19.1. The van der Waals surface area contributed by atoms with Crippen molar-refractivity contribution in [2.24, 2.45) is 11.8 Å². The third-order valence-electron chi connectivity index (χ3n) is 4.63. The van der Waals surface area contributed by atoms with E-state index in [1.54, 1.807) is 0 Å². The quantitative estimate of drug-likeness (QED) is 0.768. The van der Waals surface area contributed by atoms with Crippen LogP contribution in [0.15, 0.2) is 54.6 Å². The third kappa shape index (κ3) is 5.24. The van der Waals surface area contributed by atoms with Crippen LogP contribution in [0.1, 0.15) is 40.0 Å². The van der Waals surface area contributed by atoms with Gasteiger partial charge in [-0.25, -0.2) is 0 Å².